The second-order valence-corrected chi connectivity index (χ2v) is 8.02. The van der Waals surface area contributed by atoms with Gasteiger partial charge in [0.15, 0.2) is 0 Å². The molecule has 2 amide bonds. The summed E-state index contributed by atoms with van der Waals surface area (Å²) in [6.07, 6.45) is 7.60. The highest BCUT2D eigenvalue weighted by molar-refractivity contribution is 5.97. The third-order valence-corrected chi connectivity index (χ3v) is 6.04. The van der Waals surface area contributed by atoms with Crippen molar-refractivity contribution in [3.63, 3.8) is 0 Å². The molecule has 3 aliphatic rings. The summed E-state index contributed by atoms with van der Waals surface area (Å²) in [6, 6.07) is 7.76. The van der Waals surface area contributed by atoms with Gasteiger partial charge in [-0.1, -0.05) is 6.42 Å². The van der Waals surface area contributed by atoms with Gasteiger partial charge in [-0.15, -0.1) is 12.4 Å². The van der Waals surface area contributed by atoms with Crippen LogP contribution in [0, 0.1) is 17.8 Å². The van der Waals surface area contributed by atoms with E-state index in [4.69, 9.17) is 5.73 Å². The number of nitrogens with one attached hydrogen (secondary N) is 2. The molecule has 5 nitrogen and oxygen atoms in total. The first-order valence-corrected chi connectivity index (χ1v) is 9.57. The Morgan fingerprint density at radius 3 is 2.15 bits per heavy atom. The topological polar surface area (TPSA) is 84.2 Å². The van der Waals surface area contributed by atoms with Crippen LogP contribution in [0.3, 0.4) is 0 Å². The van der Waals surface area contributed by atoms with E-state index in [-0.39, 0.29) is 42.2 Å². The Morgan fingerprint density at radius 2 is 1.58 bits per heavy atom. The Labute approximate surface area is 160 Å². The standard InChI is InChI=1S/C20H27N3O2.ClH/c21-16-10-14-2-1-3-15(11-16)18(14)23-20(25)13-6-8-17(9-7-13)22-19(24)12-4-5-12;/h6-9,12,14-16,18H,1-5,10-11,21H2,(H,22,24)(H,23,25);1H. The highest BCUT2D eigenvalue weighted by atomic mass is 35.5. The number of carbonyl (C=O) groups excluding carboxylic acids is 2. The number of nitrogens with two attached hydrogens (primary N) is 1. The fraction of sp³-hybridized carbons (Fsp3) is 0.600. The molecule has 2 atom stereocenters. The van der Waals surface area contributed by atoms with E-state index in [9.17, 15) is 9.59 Å². The molecule has 2 bridgehead atoms. The monoisotopic (exact) mass is 377 g/mol. The van der Waals surface area contributed by atoms with Gasteiger partial charge in [0.05, 0.1) is 0 Å². The van der Waals surface area contributed by atoms with Gasteiger partial charge < -0.3 is 16.4 Å². The van der Waals surface area contributed by atoms with Crippen molar-refractivity contribution in [2.24, 2.45) is 23.5 Å². The van der Waals surface area contributed by atoms with Crippen LogP contribution in [0.5, 0.6) is 0 Å². The Kier molecular flexibility index (Phi) is 5.88. The molecule has 4 rings (SSSR count). The maximum atomic E-state index is 12.6. The van der Waals surface area contributed by atoms with Gasteiger partial charge in [-0.25, -0.2) is 0 Å². The van der Waals surface area contributed by atoms with Gasteiger partial charge >= 0.3 is 0 Å². The molecule has 1 aromatic rings. The van der Waals surface area contributed by atoms with Crippen LogP contribution in [-0.2, 0) is 4.79 Å². The number of rotatable bonds is 4. The summed E-state index contributed by atoms with van der Waals surface area (Å²) in [5, 5.41) is 6.17. The van der Waals surface area contributed by atoms with Crippen LogP contribution in [0.1, 0.15) is 55.3 Å². The van der Waals surface area contributed by atoms with E-state index in [0.717, 1.165) is 31.4 Å². The third kappa shape index (κ3) is 4.21. The minimum Gasteiger partial charge on any atom is -0.349 e. The molecular formula is C20H28ClN3O2. The molecule has 0 radical (unpaired) electrons. The smallest absolute Gasteiger partial charge is 0.251 e. The maximum absolute atomic E-state index is 12.6. The molecule has 3 saturated carbocycles. The summed E-state index contributed by atoms with van der Waals surface area (Å²) in [4.78, 5) is 24.4. The number of benzene rings is 1. The minimum atomic E-state index is -0.0163. The molecule has 0 heterocycles. The zero-order valence-electron chi connectivity index (χ0n) is 14.9. The largest absolute Gasteiger partial charge is 0.349 e. The Balaban J connectivity index is 0.00000196. The minimum absolute atomic E-state index is 0. The van der Waals surface area contributed by atoms with Crippen molar-refractivity contribution in [3.05, 3.63) is 29.8 Å². The number of anilines is 1. The number of hydrogen-bond acceptors (Lipinski definition) is 3. The van der Waals surface area contributed by atoms with E-state index >= 15 is 0 Å². The predicted molar refractivity (Wildman–Crippen MR) is 104 cm³/mol. The molecule has 0 saturated heterocycles. The second-order valence-electron chi connectivity index (χ2n) is 8.02. The molecule has 3 aliphatic carbocycles. The normalized spacial score (nSPS) is 30.0. The van der Waals surface area contributed by atoms with Gasteiger partial charge in [-0.3, -0.25) is 9.59 Å². The number of amides is 2. The van der Waals surface area contributed by atoms with E-state index < -0.39 is 0 Å². The van der Waals surface area contributed by atoms with Crippen molar-refractivity contribution in [1.29, 1.82) is 0 Å². The summed E-state index contributed by atoms with van der Waals surface area (Å²) >= 11 is 0. The molecule has 0 aromatic heterocycles. The molecule has 4 N–H and O–H groups in total. The van der Waals surface area contributed by atoms with Crippen LogP contribution in [-0.4, -0.2) is 23.9 Å². The van der Waals surface area contributed by atoms with E-state index in [1.807, 2.05) is 12.1 Å². The zero-order chi connectivity index (χ0) is 17.4. The molecule has 3 fully saturated rings. The van der Waals surface area contributed by atoms with Crippen molar-refractivity contribution < 1.29 is 9.59 Å². The van der Waals surface area contributed by atoms with Crippen molar-refractivity contribution in [2.75, 3.05) is 5.32 Å². The summed E-state index contributed by atoms with van der Waals surface area (Å²) in [5.74, 6) is 1.29. The van der Waals surface area contributed by atoms with Crippen molar-refractivity contribution >= 4 is 29.9 Å². The fourth-order valence-corrected chi connectivity index (χ4v) is 4.55. The number of carbonyl (C=O) groups is 2. The Bertz CT molecular complexity index is 646. The van der Waals surface area contributed by atoms with E-state index in [0.29, 0.717) is 17.4 Å². The Morgan fingerprint density at radius 1 is 0.962 bits per heavy atom. The van der Waals surface area contributed by atoms with Crippen LogP contribution in [0.4, 0.5) is 5.69 Å². The molecule has 0 aliphatic heterocycles. The van der Waals surface area contributed by atoms with Gasteiger partial charge in [0.1, 0.15) is 0 Å². The zero-order valence-corrected chi connectivity index (χ0v) is 15.8. The van der Waals surface area contributed by atoms with E-state index in [1.165, 1.54) is 19.3 Å². The molecule has 26 heavy (non-hydrogen) atoms. The van der Waals surface area contributed by atoms with Crippen molar-refractivity contribution in [1.82, 2.24) is 5.32 Å². The fourth-order valence-electron chi connectivity index (χ4n) is 4.55. The number of hydrogen-bond donors (Lipinski definition) is 3. The Hall–Kier alpha value is -1.59. The first-order valence-electron chi connectivity index (χ1n) is 9.57. The molecule has 2 unspecified atom stereocenters. The number of fused-ring (bicyclic) bond motifs is 2. The van der Waals surface area contributed by atoms with Crippen molar-refractivity contribution in [2.45, 2.75) is 57.0 Å². The predicted octanol–water partition coefficient (Wildman–Crippen LogP) is 3.09. The lowest BCUT2D eigenvalue weighted by Gasteiger charge is -2.45. The lowest BCUT2D eigenvalue weighted by atomic mass is 9.67. The van der Waals surface area contributed by atoms with Crippen LogP contribution in [0.25, 0.3) is 0 Å². The molecule has 0 spiro atoms. The number of halogens is 1. The summed E-state index contributed by atoms with van der Waals surface area (Å²) < 4.78 is 0. The third-order valence-electron chi connectivity index (χ3n) is 6.04. The van der Waals surface area contributed by atoms with E-state index in [2.05, 4.69) is 10.6 Å². The van der Waals surface area contributed by atoms with Crippen LogP contribution >= 0.6 is 12.4 Å². The van der Waals surface area contributed by atoms with Gasteiger partial charge in [0.25, 0.3) is 5.91 Å². The van der Waals surface area contributed by atoms with Gasteiger partial charge in [0, 0.05) is 29.3 Å². The summed E-state index contributed by atoms with van der Waals surface area (Å²) in [6.45, 7) is 0. The van der Waals surface area contributed by atoms with Crippen LogP contribution in [0.2, 0.25) is 0 Å². The molecule has 1 aromatic carbocycles. The maximum Gasteiger partial charge on any atom is 0.251 e. The lowest BCUT2D eigenvalue weighted by Crippen LogP contribution is -2.53. The van der Waals surface area contributed by atoms with Crippen LogP contribution in [0.15, 0.2) is 24.3 Å². The average Bonchev–Trinajstić information content (AvgIpc) is 3.41. The van der Waals surface area contributed by atoms with Crippen LogP contribution < -0.4 is 16.4 Å². The summed E-state index contributed by atoms with van der Waals surface area (Å²) in [7, 11) is 0. The lowest BCUT2D eigenvalue weighted by molar-refractivity contribution is -0.117. The van der Waals surface area contributed by atoms with Crippen molar-refractivity contribution in [3.8, 4) is 0 Å². The SMILES string of the molecule is Cl.NC1CC2CCCC(C1)C2NC(=O)c1ccc(NC(=O)C2CC2)cc1. The molecule has 6 heteroatoms. The highest BCUT2D eigenvalue weighted by Crippen LogP contribution is 2.39. The molecular weight excluding hydrogens is 350 g/mol. The second kappa shape index (κ2) is 7.97. The van der Waals surface area contributed by atoms with Gasteiger partial charge in [-0.05, 0) is 74.6 Å². The first kappa shape index (κ1) is 19.2. The highest BCUT2D eigenvalue weighted by Gasteiger charge is 2.40. The summed E-state index contributed by atoms with van der Waals surface area (Å²) in [5.41, 5.74) is 7.57. The molecule has 142 valence electrons. The van der Waals surface area contributed by atoms with Gasteiger partial charge in [0.2, 0.25) is 5.91 Å². The van der Waals surface area contributed by atoms with E-state index in [1.54, 1.807) is 12.1 Å². The van der Waals surface area contributed by atoms with Gasteiger partial charge in [-0.2, -0.15) is 0 Å². The first-order chi connectivity index (χ1) is 12.1. The average molecular weight is 378 g/mol. The quantitative estimate of drug-likeness (QED) is 0.753.